The molecule has 0 fully saturated rings. The summed E-state index contributed by atoms with van der Waals surface area (Å²) in [6, 6.07) is 20.5. The molecule has 0 aliphatic rings. The van der Waals surface area contributed by atoms with Crippen molar-refractivity contribution in [1.29, 1.82) is 0 Å². The van der Waals surface area contributed by atoms with Gasteiger partial charge in [-0.2, -0.15) is 0 Å². The van der Waals surface area contributed by atoms with Crippen molar-refractivity contribution in [3.8, 4) is 23.0 Å². The summed E-state index contributed by atoms with van der Waals surface area (Å²) < 4.78 is 27.4. The summed E-state index contributed by atoms with van der Waals surface area (Å²) in [5.74, 6) is 2.66. The molecule has 37 heavy (non-hydrogen) atoms. The number of nitrogens with one attached hydrogen (secondary N) is 1. The van der Waals surface area contributed by atoms with E-state index in [0.717, 1.165) is 10.8 Å². The Kier molecular flexibility index (Phi) is 8.62. The summed E-state index contributed by atoms with van der Waals surface area (Å²) in [4.78, 5) is 15.7. The highest BCUT2D eigenvalue weighted by Gasteiger charge is 2.09. The molecule has 0 saturated carbocycles. The Balaban J connectivity index is 1.42. The van der Waals surface area contributed by atoms with E-state index in [1.807, 2.05) is 48.5 Å². The quantitative estimate of drug-likeness (QED) is 0.151. The van der Waals surface area contributed by atoms with Crippen molar-refractivity contribution in [2.24, 2.45) is 0 Å². The highest BCUT2D eigenvalue weighted by molar-refractivity contribution is 5.97. The summed E-state index contributed by atoms with van der Waals surface area (Å²) in [6.07, 6.45) is 1.66. The second-order valence-electron chi connectivity index (χ2n) is 7.91. The molecule has 0 aliphatic carbocycles. The number of methoxy groups -OCH3 is 1. The van der Waals surface area contributed by atoms with Gasteiger partial charge in [0.05, 0.1) is 20.3 Å². The van der Waals surface area contributed by atoms with Gasteiger partial charge in [-0.3, -0.25) is 0 Å². The second-order valence-corrected chi connectivity index (χ2v) is 7.91. The van der Waals surface area contributed by atoms with Crippen LogP contribution in [-0.2, 0) is 14.3 Å². The normalized spacial score (nSPS) is 10.6. The van der Waals surface area contributed by atoms with Crippen molar-refractivity contribution in [3.05, 3.63) is 72.9 Å². The monoisotopic (exact) mass is 503 g/mol. The fourth-order valence-electron chi connectivity index (χ4n) is 3.62. The van der Waals surface area contributed by atoms with Crippen molar-refractivity contribution in [3.63, 3.8) is 0 Å². The number of esters is 1. The van der Waals surface area contributed by atoms with Crippen LogP contribution in [0, 0.1) is 0 Å². The van der Waals surface area contributed by atoms with E-state index >= 15 is 0 Å². The molecule has 0 unspecified atom stereocenters. The van der Waals surface area contributed by atoms with E-state index in [-0.39, 0.29) is 19.8 Å². The van der Waals surface area contributed by atoms with Gasteiger partial charge in [0.15, 0.2) is 0 Å². The first-order valence-corrected chi connectivity index (χ1v) is 11.8. The number of carbonyl (C=O) groups is 1. The van der Waals surface area contributed by atoms with Crippen LogP contribution in [-0.4, -0.2) is 44.5 Å². The highest BCUT2D eigenvalue weighted by atomic mass is 16.6. The number of anilines is 3. The molecule has 0 amide bonds. The average Bonchev–Trinajstić information content (AvgIpc) is 2.90. The minimum Gasteiger partial charge on any atom is -0.497 e. The van der Waals surface area contributed by atoms with Crippen LogP contribution in [0.15, 0.2) is 72.9 Å². The Hall–Kier alpha value is -4.50. The zero-order valence-corrected chi connectivity index (χ0v) is 20.7. The maximum atomic E-state index is 11.3. The number of aromatic nitrogens is 1. The third kappa shape index (κ3) is 7.02. The first kappa shape index (κ1) is 25.6. The molecule has 9 heteroatoms. The van der Waals surface area contributed by atoms with Gasteiger partial charge in [-0.15, -0.1) is 0 Å². The summed E-state index contributed by atoms with van der Waals surface area (Å²) in [6.45, 7) is 2.44. The number of rotatable bonds is 12. The van der Waals surface area contributed by atoms with Crippen LogP contribution in [0.25, 0.3) is 10.8 Å². The standard InChI is InChI=1S/C28H29N3O6/c1-3-35-28(32)18-34-12-13-36-22-15-19(14-21(16-22)33-2)31-27-17-20(10-11-30-27)37-26-9-8-25(29)23-6-4-5-7-24(23)26/h4-11,14-17H,3,12-13,18,29H2,1-2H3,(H,30,31). The molecule has 0 radical (unpaired) electrons. The summed E-state index contributed by atoms with van der Waals surface area (Å²) in [5, 5.41) is 5.12. The van der Waals surface area contributed by atoms with Crippen molar-refractivity contribution in [2.75, 3.05) is 44.6 Å². The lowest BCUT2D eigenvalue weighted by Gasteiger charge is -2.13. The van der Waals surface area contributed by atoms with Crippen molar-refractivity contribution in [1.82, 2.24) is 4.98 Å². The number of nitrogens with two attached hydrogens (primary N) is 1. The minimum absolute atomic E-state index is 0.113. The van der Waals surface area contributed by atoms with E-state index in [0.29, 0.717) is 46.8 Å². The lowest BCUT2D eigenvalue weighted by molar-refractivity contribution is -0.148. The smallest absolute Gasteiger partial charge is 0.332 e. The number of ether oxygens (including phenoxy) is 5. The molecular weight excluding hydrogens is 474 g/mol. The average molecular weight is 504 g/mol. The molecular formula is C28H29N3O6. The molecule has 0 saturated heterocycles. The van der Waals surface area contributed by atoms with Crippen LogP contribution >= 0.6 is 0 Å². The second kappa shape index (κ2) is 12.5. The molecule has 1 heterocycles. The topological polar surface area (TPSA) is 114 Å². The molecule has 0 aliphatic heterocycles. The number of nitrogens with zero attached hydrogens (tertiary/aromatic N) is 1. The van der Waals surface area contributed by atoms with Crippen LogP contribution in [0.2, 0.25) is 0 Å². The molecule has 1 aromatic heterocycles. The fourth-order valence-corrected chi connectivity index (χ4v) is 3.62. The van der Waals surface area contributed by atoms with Gasteiger partial charge < -0.3 is 34.7 Å². The molecule has 3 N–H and O–H groups in total. The number of nitrogen functional groups attached to an aromatic ring is 1. The van der Waals surface area contributed by atoms with E-state index in [4.69, 9.17) is 29.4 Å². The Morgan fingerprint density at radius 3 is 2.57 bits per heavy atom. The minimum atomic E-state index is -0.404. The van der Waals surface area contributed by atoms with Crippen LogP contribution in [0.3, 0.4) is 0 Å². The van der Waals surface area contributed by atoms with Crippen molar-refractivity contribution >= 4 is 33.9 Å². The van der Waals surface area contributed by atoms with Gasteiger partial charge >= 0.3 is 5.97 Å². The van der Waals surface area contributed by atoms with E-state index in [1.54, 1.807) is 38.4 Å². The van der Waals surface area contributed by atoms with Crippen LogP contribution in [0.1, 0.15) is 6.92 Å². The number of fused-ring (bicyclic) bond motifs is 1. The van der Waals surface area contributed by atoms with Crippen molar-refractivity contribution in [2.45, 2.75) is 6.92 Å². The van der Waals surface area contributed by atoms with E-state index < -0.39 is 5.97 Å². The zero-order valence-electron chi connectivity index (χ0n) is 20.7. The number of pyridine rings is 1. The van der Waals surface area contributed by atoms with Crippen LogP contribution < -0.4 is 25.3 Å². The Labute approximate surface area is 215 Å². The maximum Gasteiger partial charge on any atom is 0.332 e. The number of hydrogen-bond donors (Lipinski definition) is 2. The van der Waals surface area contributed by atoms with Gasteiger partial charge in [-0.1, -0.05) is 24.3 Å². The molecule has 4 rings (SSSR count). The molecule has 0 atom stereocenters. The third-order valence-electron chi connectivity index (χ3n) is 5.29. The zero-order chi connectivity index (χ0) is 26.0. The first-order chi connectivity index (χ1) is 18.1. The maximum absolute atomic E-state index is 11.3. The number of carbonyl (C=O) groups excluding carboxylic acids is 1. The van der Waals surface area contributed by atoms with Gasteiger partial charge in [0.25, 0.3) is 0 Å². The largest absolute Gasteiger partial charge is 0.497 e. The SMILES string of the molecule is CCOC(=O)COCCOc1cc(Nc2cc(Oc3ccc(N)c4ccccc34)ccn2)cc(OC)c1. The number of hydrogen-bond acceptors (Lipinski definition) is 9. The van der Waals surface area contributed by atoms with E-state index in [9.17, 15) is 4.79 Å². The molecule has 3 aromatic carbocycles. The lowest BCUT2D eigenvalue weighted by Crippen LogP contribution is -2.15. The summed E-state index contributed by atoms with van der Waals surface area (Å²) >= 11 is 0. The van der Waals surface area contributed by atoms with Crippen molar-refractivity contribution < 1.29 is 28.5 Å². The fraction of sp³-hybridized carbons (Fsp3) is 0.214. The summed E-state index contributed by atoms with van der Waals surface area (Å²) in [5.41, 5.74) is 7.52. The van der Waals surface area contributed by atoms with Gasteiger partial charge in [0.2, 0.25) is 0 Å². The predicted molar refractivity (Wildman–Crippen MR) is 142 cm³/mol. The van der Waals surface area contributed by atoms with E-state index in [1.165, 1.54) is 0 Å². The van der Waals surface area contributed by atoms with Gasteiger partial charge in [0, 0.05) is 52.6 Å². The van der Waals surface area contributed by atoms with Gasteiger partial charge in [0.1, 0.15) is 42.0 Å². The Morgan fingerprint density at radius 2 is 1.76 bits per heavy atom. The number of benzene rings is 3. The van der Waals surface area contributed by atoms with Gasteiger partial charge in [-0.25, -0.2) is 9.78 Å². The molecule has 9 nitrogen and oxygen atoms in total. The van der Waals surface area contributed by atoms with Gasteiger partial charge in [-0.05, 0) is 25.1 Å². The molecule has 0 bridgehead atoms. The van der Waals surface area contributed by atoms with Crippen LogP contribution in [0.5, 0.6) is 23.0 Å². The third-order valence-corrected chi connectivity index (χ3v) is 5.29. The summed E-state index contributed by atoms with van der Waals surface area (Å²) in [7, 11) is 1.58. The van der Waals surface area contributed by atoms with E-state index in [2.05, 4.69) is 10.3 Å². The van der Waals surface area contributed by atoms with Crippen LogP contribution in [0.4, 0.5) is 17.2 Å². The molecule has 192 valence electrons. The Bertz CT molecular complexity index is 1360. The Morgan fingerprint density at radius 1 is 0.946 bits per heavy atom. The lowest BCUT2D eigenvalue weighted by atomic mass is 10.1. The highest BCUT2D eigenvalue weighted by Crippen LogP contribution is 2.34. The first-order valence-electron chi connectivity index (χ1n) is 11.8. The predicted octanol–water partition coefficient (Wildman–Crippen LogP) is 5.32. The molecule has 0 spiro atoms. The molecule has 4 aromatic rings.